The van der Waals surface area contributed by atoms with Crippen molar-refractivity contribution in [3.63, 3.8) is 0 Å². The highest BCUT2D eigenvalue weighted by Crippen LogP contribution is 2.36. The van der Waals surface area contributed by atoms with E-state index < -0.39 is 0 Å². The molecule has 166 valence electrons. The fourth-order valence-electron chi connectivity index (χ4n) is 3.72. The van der Waals surface area contributed by atoms with E-state index >= 15 is 0 Å². The minimum atomic E-state index is 0.00763. The second kappa shape index (κ2) is 14.1. The van der Waals surface area contributed by atoms with Crippen molar-refractivity contribution in [3.8, 4) is 0 Å². The Balaban J connectivity index is 2.01. The largest absolute Gasteiger partial charge is 0.379 e. The van der Waals surface area contributed by atoms with Gasteiger partial charge < -0.3 is 14.2 Å². The molecule has 0 spiro atoms. The summed E-state index contributed by atoms with van der Waals surface area (Å²) >= 11 is 0. The van der Waals surface area contributed by atoms with Gasteiger partial charge in [0.05, 0.1) is 12.6 Å². The van der Waals surface area contributed by atoms with Crippen LogP contribution in [0.4, 0.5) is 0 Å². The molecular formula is C25H43NO3. The van der Waals surface area contributed by atoms with E-state index in [0.717, 1.165) is 64.9 Å². The van der Waals surface area contributed by atoms with Crippen LogP contribution in [0.1, 0.15) is 77.8 Å². The van der Waals surface area contributed by atoms with Crippen LogP contribution >= 0.6 is 0 Å². The minimum absolute atomic E-state index is 0.00763. The molecular weight excluding hydrogens is 362 g/mol. The van der Waals surface area contributed by atoms with Crippen LogP contribution in [-0.2, 0) is 14.2 Å². The summed E-state index contributed by atoms with van der Waals surface area (Å²) in [5.41, 5.74) is 1.37. The summed E-state index contributed by atoms with van der Waals surface area (Å²) in [6.45, 7) is 13.0. The predicted octanol–water partition coefficient (Wildman–Crippen LogP) is 5.62. The molecule has 4 nitrogen and oxygen atoms in total. The molecule has 1 aliphatic heterocycles. The lowest BCUT2D eigenvalue weighted by Crippen LogP contribution is -2.41. The lowest BCUT2D eigenvalue weighted by molar-refractivity contribution is -0.109. The van der Waals surface area contributed by atoms with Crippen LogP contribution in [0.3, 0.4) is 0 Å². The molecule has 1 heterocycles. The number of unbranched alkanes of at least 4 members (excludes halogenated alkanes) is 3. The third-order valence-corrected chi connectivity index (χ3v) is 5.78. The first-order valence-electron chi connectivity index (χ1n) is 11.8. The van der Waals surface area contributed by atoms with E-state index in [0.29, 0.717) is 18.7 Å². The smallest absolute Gasteiger partial charge is 0.108 e. The molecule has 1 saturated heterocycles. The maximum Gasteiger partial charge on any atom is 0.108 e. The van der Waals surface area contributed by atoms with Crippen LogP contribution in [0.5, 0.6) is 0 Å². The van der Waals surface area contributed by atoms with Gasteiger partial charge in [-0.05, 0) is 31.7 Å². The van der Waals surface area contributed by atoms with E-state index in [4.69, 9.17) is 14.2 Å². The molecule has 0 amide bonds. The van der Waals surface area contributed by atoms with Gasteiger partial charge in [-0.1, -0.05) is 70.4 Å². The molecule has 0 radical (unpaired) electrons. The summed E-state index contributed by atoms with van der Waals surface area (Å²) in [7, 11) is 0. The third-order valence-electron chi connectivity index (χ3n) is 5.78. The SMILES string of the molecule is CCCCOC[C@H](OCCCC)[C@@H](OCCCC)[C@H]1CN1[C@H](C)c1ccccc1. The molecule has 2 rings (SSSR count). The summed E-state index contributed by atoms with van der Waals surface area (Å²) in [6, 6.07) is 11.6. The molecule has 5 atom stereocenters. The second-order valence-corrected chi connectivity index (χ2v) is 8.23. The van der Waals surface area contributed by atoms with Crippen LogP contribution in [0, 0.1) is 0 Å². The molecule has 1 aromatic rings. The Kier molecular flexibility index (Phi) is 11.9. The van der Waals surface area contributed by atoms with Gasteiger partial charge in [-0.25, -0.2) is 0 Å². The normalized spacial score (nSPS) is 21.7. The van der Waals surface area contributed by atoms with Crippen molar-refractivity contribution in [3.05, 3.63) is 35.9 Å². The first-order chi connectivity index (χ1) is 14.2. The molecule has 0 aromatic heterocycles. The van der Waals surface area contributed by atoms with E-state index in [2.05, 4.69) is 62.9 Å². The summed E-state index contributed by atoms with van der Waals surface area (Å²) in [6.07, 6.45) is 6.81. The van der Waals surface area contributed by atoms with E-state index in [1.54, 1.807) is 0 Å². The molecule has 1 unspecified atom stereocenters. The lowest BCUT2D eigenvalue weighted by Gasteiger charge is -2.29. The van der Waals surface area contributed by atoms with Crippen LogP contribution in [-0.4, -0.2) is 56.1 Å². The number of rotatable bonds is 17. The van der Waals surface area contributed by atoms with Gasteiger partial charge in [0.15, 0.2) is 0 Å². The zero-order chi connectivity index (χ0) is 20.9. The van der Waals surface area contributed by atoms with Crippen molar-refractivity contribution >= 4 is 0 Å². The van der Waals surface area contributed by atoms with Crippen molar-refractivity contribution in [2.24, 2.45) is 0 Å². The molecule has 0 aliphatic carbocycles. The lowest BCUT2D eigenvalue weighted by atomic mass is 10.1. The van der Waals surface area contributed by atoms with Crippen molar-refractivity contribution in [1.29, 1.82) is 0 Å². The van der Waals surface area contributed by atoms with Gasteiger partial charge >= 0.3 is 0 Å². The zero-order valence-electron chi connectivity index (χ0n) is 19.1. The zero-order valence-corrected chi connectivity index (χ0v) is 19.1. The van der Waals surface area contributed by atoms with Crippen LogP contribution in [0.2, 0.25) is 0 Å². The molecule has 1 fully saturated rings. The number of hydrogen-bond acceptors (Lipinski definition) is 4. The number of nitrogens with zero attached hydrogens (tertiary/aromatic N) is 1. The van der Waals surface area contributed by atoms with E-state index in [1.807, 2.05) is 0 Å². The maximum atomic E-state index is 6.43. The Labute approximate surface area is 178 Å². The highest BCUT2D eigenvalue weighted by molar-refractivity contribution is 5.21. The fourth-order valence-corrected chi connectivity index (χ4v) is 3.72. The monoisotopic (exact) mass is 405 g/mol. The van der Waals surface area contributed by atoms with Crippen molar-refractivity contribution in [2.45, 2.75) is 90.5 Å². The first-order valence-corrected chi connectivity index (χ1v) is 11.8. The first kappa shape index (κ1) is 24.3. The molecule has 1 aromatic carbocycles. The number of ether oxygens (including phenoxy) is 3. The van der Waals surface area contributed by atoms with Crippen LogP contribution in [0.25, 0.3) is 0 Å². The van der Waals surface area contributed by atoms with E-state index in [1.165, 1.54) is 5.56 Å². The molecule has 0 bridgehead atoms. The standard InChI is InChI=1S/C25H43NO3/c1-5-8-16-27-20-24(28-17-9-6-2)25(29-18-10-7-3)23-19-26(23)21(4)22-14-12-11-13-15-22/h11-15,21,23-25H,5-10,16-20H2,1-4H3/t21-,23-,24+,25+,26?/m1/s1. The van der Waals surface area contributed by atoms with Gasteiger partial charge in [0.2, 0.25) is 0 Å². The average molecular weight is 406 g/mol. The Hall–Kier alpha value is -0.940. The van der Waals surface area contributed by atoms with Gasteiger partial charge in [0, 0.05) is 32.4 Å². The van der Waals surface area contributed by atoms with Crippen molar-refractivity contribution in [2.75, 3.05) is 33.0 Å². The van der Waals surface area contributed by atoms with Crippen molar-refractivity contribution in [1.82, 2.24) is 4.90 Å². The van der Waals surface area contributed by atoms with Gasteiger partial charge in [-0.2, -0.15) is 0 Å². The Morgan fingerprint density at radius 2 is 1.52 bits per heavy atom. The Bertz CT molecular complexity index is 524. The highest BCUT2D eigenvalue weighted by Gasteiger charge is 2.47. The quantitative estimate of drug-likeness (QED) is 0.249. The maximum absolute atomic E-state index is 6.43. The fraction of sp³-hybridized carbons (Fsp3) is 0.760. The molecule has 1 aliphatic rings. The minimum Gasteiger partial charge on any atom is -0.379 e. The average Bonchev–Trinajstić information content (AvgIpc) is 3.54. The predicted molar refractivity (Wildman–Crippen MR) is 120 cm³/mol. The molecule has 29 heavy (non-hydrogen) atoms. The second-order valence-electron chi connectivity index (χ2n) is 8.23. The van der Waals surface area contributed by atoms with Gasteiger partial charge in [-0.15, -0.1) is 0 Å². The summed E-state index contributed by atoms with van der Waals surface area (Å²) in [5.74, 6) is 0. The summed E-state index contributed by atoms with van der Waals surface area (Å²) < 4.78 is 18.7. The topological polar surface area (TPSA) is 30.7 Å². The number of benzene rings is 1. The summed E-state index contributed by atoms with van der Waals surface area (Å²) in [4.78, 5) is 2.54. The summed E-state index contributed by atoms with van der Waals surface area (Å²) in [5, 5.41) is 0. The van der Waals surface area contributed by atoms with E-state index in [9.17, 15) is 0 Å². The molecule has 4 heteroatoms. The molecule has 0 saturated carbocycles. The van der Waals surface area contributed by atoms with Gasteiger partial charge in [-0.3, -0.25) is 4.90 Å². The van der Waals surface area contributed by atoms with E-state index in [-0.39, 0.29) is 12.2 Å². The Morgan fingerprint density at radius 3 is 2.17 bits per heavy atom. The van der Waals surface area contributed by atoms with Crippen LogP contribution < -0.4 is 0 Å². The Morgan fingerprint density at radius 1 is 0.897 bits per heavy atom. The van der Waals surface area contributed by atoms with Crippen LogP contribution in [0.15, 0.2) is 30.3 Å². The number of hydrogen-bond donors (Lipinski definition) is 0. The van der Waals surface area contributed by atoms with Crippen molar-refractivity contribution < 1.29 is 14.2 Å². The molecule has 0 N–H and O–H groups in total. The highest BCUT2D eigenvalue weighted by atomic mass is 16.6. The van der Waals surface area contributed by atoms with Gasteiger partial charge in [0.1, 0.15) is 12.2 Å². The van der Waals surface area contributed by atoms with Gasteiger partial charge in [0.25, 0.3) is 0 Å². The third kappa shape index (κ3) is 8.37.